The number of ether oxygens (including phenoxy) is 1. The average Bonchev–Trinajstić information content (AvgIpc) is 2.84. The highest BCUT2D eigenvalue weighted by Crippen LogP contribution is 2.31. The van der Waals surface area contributed by atoms with E-state index in [1.54, 1.807) is 19.1 Å². The Morgan fingerprint density at radius 2 is 1.67 bits per heavy atom. The van der Waals surface area contributed by atoms with E-state index in [4.69, 9.17) is 4.74 Å². The zero-order valence-corrected chi connectivity index (χ0v) is 22.9. The second kappa shape index (κ2) is 11.2. The van der Waals surface area contributed by atoms with Crippen LogP contribution in [0.3, 0.4) is 0 Å². The SMILES string of the molecule is COc1ccc(NC(=O)CN(c2cc(C)ccc2C)S(=O)(=O)N(C)C)cc1S(=O)(=O)N1CCCCC1. The fraction of sp³-hybridized carbons (Fsp3) is 0.458. The number of hydrogen-bond donors (Lipinski definition) is 1. The Labute approximate surface area is 214 Å². The normalized spacial score (nSPS) is 15.1. The molecule has 1 N–H and O–H groups in total. The van der Waals surface area contributed by atoms with E-state index < -0.39 is 32.7 Å². The lowest BCUT2D eigenvalue weighted by Crippen LogP contribution is -2.44. The van der Waals surface area contributed by atoms with Crippen LogP contribution in [-0.4, -0.2) is 72.2 Å². The lowest BCUT2D eigenvalue weighted by atomic mass is 10.1. The molecule has 0 bridgehead atoms. The number of hydrogen-bond acceptors (Lipinski definition) is 6. The molecule has 0 saturated carbocycles. The lowest BCUT2D eigenvalue weighted by molar-refractivity contribution is -0.114. The lowest BCUT2D eigenvalue weighted by Gasteiger charge is -2.28. The maximum absolute atomic E-state index is 13.3. The number of benzene rings is 2. The van der Waals surface area contributed by atoms with Gasteiger partial charge in [0, 0.05) is 32.9 Å². The summed E-state index contributed by atoms with van der Waals surface area (Å²) >= 11 is 0. The minimum Gasteiger partial charge on any atom is -0.495 e. The molecule has 1 fully saturated rings. The highest BCUT2D eigenvalue weighted by atomic mass is 32.2. The molecule has 0 atom stereocenters. The van der Waals surface area contributed by atoms with Crippen molar-refractivity contribution in [2.75, 3.05) is 50.5 Å². The van der Waals surface area contributed by atoms with Crippen LogP contribution in [0.5, 0.6) is 5.75 Å². The van der Waals surface area contributed by atoms with Gasteiger partial charge < -0.3 is 10.1 Å². The second-order valence-corrected chi connectivity index (χ2v) is 12.9. The molecule has 1 heterocycles. The topological polar surface area (TPSA) is 116 Å². The van der Waals surface area contributed by atoms with Crippen LogP contribution in [0.1, 0.15) is 30.4 Å². The number of amides is 1. The summed E-state index contributed by atoms with van der Waals surface area (Å²) in [7, 11) is -3.65. The van der Waals surface area contributed by atoms with Gasteiger partial charge in [0.1, 0.15) is 17.2 Å². The zero-order chi connectivity index (χ0) is 26.7. The van der Waals surface area contributed by atoms with E-state index in [1.165, 1.54) is 43.7 Å². The molecule has 1 aliphatic heterocycles. The first kappa shape index (κ1) is 27.9. The fourth-order valence-corrected chi connectivity index (χ4v) is 6.83. The van der Waals surface area contributed by atoms with E-state index >= 15 is 0 Å². The predicted octanol–water partition coefficient (Wildman–Crippen LogP) is 2.74. The highest BCUT2D eigenvalue weighted by molar-refractivity contribution is 7.90. The van der Waals surface area contributed by atoms with Crippen LogP contribution in [0.25, 0.3) is 0 Å². The third-order valence-corrected chi connectivity index (χ3v) is 9.77. The molecular formula is C24H34N4O6S2. The second-order valence-electron chi connectivity index (χ2n) is 8.97. The van der Waals surface area contributed by atoms with E-state index in [0.29, 0.717) is 24.3 Å². The van der Waals surface area contributed by atoms with Crippen LogP contribution >= 0.6 is 0 Å². The number of anilines is 2. The number of piperidine rings is 1. The van der Waals surface area contributed by atoms with Gasteiger partial charge in [-0.2, -0.15) is 17.0 Å². The van der Waals surface area contributed by atoms with Crippen molar-refractivity contribution in [3.8, 4) is 5.75 Å². The van der Waals surface area contributed by atoms with E-state index in [9.17, 15) is 21.6 Å². The molecule has 2 aromatic rings. The molecule has 36 heavy (non-hydrogen) atoms. The molecule has 0 aromatic heterocycles. The smallest absolute Gasteiger partial charge is 0.304 e. The molecule has 0 spiro atoms. The molecule has 1 saturated heterocycles. The number of rotatable bonds is 9. The Kier molecular flexibility index (Phi) is 8.65. The van der Waals surface area contributed by atoms with Crippen molar-refractivity contribution in [1.82, 2.24) is 8.61 Å². The molecule has 1 amide bonds. The summed E-state index contributed by atoms with van der Waals surface area (Å²) in [6.45, 7) is 3.97. The molecule has 2 aromatic carbocycles. The maximum Gasteiger partial charge on any atom is 0.304 e. The summed E-state index contributed by atoms with van der Waals surface area (Å²) in [6, 6.07) is 9.72. The van der Waals surface area contributed by atoms with Crippen molar-refractivity contribution >= 4 is 37.5 Å². The van der Waals surface area contributed by atoms with Crippen LogP contribution in [0.15, 0.2) is 41.3 Å². The summed E-state index contributed by atoms with van der Waals surface area (Å²) in [5.74, 6) is -0.446. The number of nitrogens with one attached hydrogen (secondary N) is 1. The fourth-order valence-electron chi connectivity index (χ4n) is 4.01. The highest BCUT2D eigenvalue weighted by Gasteiger charge is 2.31. The standard InChI is InChI=1S/C24H34N4O6S2/c1-18-9-10-19(2)21(15-18)28(36(32,33)26(3)4)17-24(29)25-20-11-12-22(34-5)23(16-20)35(30,31)27-13-7-6-8-14-27/h9-12,15-16H,6-8,13-14,17H2,1-5H3,(H,25,29). The summed E-state index contributed by atoms with van der Waals surface area (Å²) in [5, 5.41) is 2.65. The van der Waals surface area contributed by atoms with Crippen molar-refractivity contribution in [2.45, 2.75) is 38.0 Å². The van der Waals surface area contributed by atoms with Gasteiger partial charge in [0.25, 0.3) is 0 Å². The third-order valence-electron chi connectivity index (χ3n) is 6.04. The van der Waals surface area contributed by atoms with Crippen LogP contribution < -0.4 is 14.4 Å². The zero-order valence-electron chi connectivity index (χ0n) is 21.3. The molecule has 198 valence electrons. The van der Waals surface area contributed by atoms with Gasteiger partial charge in [-0.05, 0) is 62.1 Å². The Bertz CT molecular complexity index is 1320. The first-order chi connectivity index (χ1) is 16.9. The minimum atomic E-state index is -3.99. The molecule has 10 nitrogen and oxygen atoms in total. The Balaban J connectivity index is 1.92. The number of aryl methyl sites for hydroxylation is 2. The van der Waals surface area contributed by atoms with Gasteiger partial charge in [-0.1, -0.05) is 18.6 Å². The molecule has 3 rings (SSSR count). The van der Waals surface area contributed by atoms with Crippen LogP contribution in [0.2, 0.25) is 0 Å². The maximum atomic E-state index is 13.3. The Hall–Kier alpha value is -2.67. The van der Waals surface area contributed by atoms with Crippen molar-refractivity contribution in [2.24, 2.45) is 0 Å². The third kappa shape index (κ3) is 6.00. The van der Waals surface area contributed by atoms with E-state index in [0.717, 1.165) is 33.4 Å². The Morgan fingerprint density at radius 3 is 2.28 bits per heavy atom. The molecular weight excluding hydrogens is 504 g/mol. The monoisotopic (exact) mass is 538 g/mol. The molecule has 1 aliphatic rings. The first-order valence-corrected chi connectivity index (χ1v) is 14.5. The van der Waals surface area contributed by atoms with E-state index in [2.05, 4.69) is 5.32 Å². The van der Waals surface area contributed by atoms with Gasteiger partial charge >= 0.3 is 10.2 Å². The largest absolute Gasteiger partial charge is 0.495 e. The quantitative estimate of drug-likeness (QED) is 0.525. The van der Waals surface area contributed by atoms with Gasteiger partial charge in [0.15, 0.2) is 0 Å². The molecule has 0 radical (unpaired) electrons. The van der Waals surface area contributed by atoms with Crippen LogP contribution in [0.4, 0.5) is 11.4 Å². The molecule has 0 unspecified atom stereocenters. The predicted molar refractivity (Wildman–Crippen MR) is 140 cm³/mol. The van der Waals surface area contributed by atoms with Crippen molar-refractivity contribution < 1.29 is 26.4 Å². The first-order valence-electron chi connectivity index (χ1n) is 11.6. The number of methoxy groups -OCH3 is 1. The summed E-state index contributed by atoms with van der Waals surface area (Å²) in [4.78, 5) is 13.0. The number of nitrogens with zero attached hydrogens (tertiary/aromatic N) is 3. The van der Waals surface area contributed by atoms with Gasteiger partial charge in [0.05, 0.1) is 12.8 Å². The van der Waals surface area contributed by atoms with Gasteiger partial charge in [-0.25, -0.2) is 12.7 Å². The van der Waals surface area contributed by atoms with E-state index in [1.807, 2.05) is 13.0 Å². The van der Waals surface area contributed by atoms with Gasteiger partial charge in [-0.3, -0.25) is 4.79 Å². The van der Waals surface area contributed by atoms with Gasteiger partial charge in [-0.15, -0.1) is 0 Å². The molecule has 12 heteroatoms. The van der Waals surface area contributed by atoms with Crippen LogP contribution in [-0.2, 0) is 25.0 Å². The number of carbonyl (C=O) groups is 1. The summed E-state index contributed by atoms with van der Waals surface area (Å²) < 4.78 is 61.6. The van der Waals surface area contributed by atoms with Gasteiger partial charge in [0.2, 0.25) is 15.9 Å². The number of carbonyl (C=O) groups excluding carboxylic acids is 1. The van der Waals surface area contributed by atoms with E-state index in [-0.39, 0.29) is 16.3 Å². The summed E-state index contributed by atoms with van der Waals surface area (Å²) in [6.07, 6.45) is 2.55. The number of sulfonamides is 1. The van der Waals surface area contributed by atoms with Crippen molar-refractivity contribution in [1.29, 1.82) is 0 Å². The van der Waals surface area contributed by atoms with Crippen molar-refractivity contribution in [3.05, 3.63) is 47.5 Å². The average molecular weight is 539 g/mol. The molecule has 0 aliphatic carbocycles. The minimum absolute atomic E-state index is 0.0444. The summed E-state index contributed by atoms with van der Waals surface area (Å²) in [5.41, 5.74) is 2.15. The van der Waals surface area contributed by atoms with Crippen molar-refractivity contribution in [3.63, 3.8) is 0 Å². The Morgan fingerprint density at radius 1 is 1.00 bits per heavy atom. The van der Waals surface area contributed by atoms with Crippen LogP contribution in [0, 0.1) is 13.8 Å².